The van der Waals surface area contributed by atoms with Gasteiger partial charge in [-0.25, -0.2) is 0 Å². The molecule has 0 aliphatic carbocycles. The van der Waals surface area contributed by atoms with Crippen molar-refractivity contribution in [1.29, 1.82) is 0 Å². The van der Waals surface area contributed by atoms with Crippen LogP contribution in [0.3, 0.4) is 0 Å². The highest BCUT2D eigenvalue weighted by Crippen LogP contribution is 2.02. The monoisotopic (exact) mass is 205 g/mol. The Bertz CT molecular complexity index is 314. The van der Waals surface area contributed by atoms with Gasteiger partial charge in [0.15, 0.2) is 0 Å². The van der Waals surface area contributed by atoms with E-state index in [2.05, 4.69) is 0 Å². The first-order chi connectivity index (χ1) is 5.79. The third-order valence-electron chi connectivity index (χ3n) is 1.08. The molecule has 0 unspecified atom stereocenters. The van der Waals surface area contributed by atoms with Gasteiger partial charge < -0.3 is 5.73 Å². The van der Waals surface area contributed by atoms with Crippen LogP contribution in [0.5, 0.6) is 0 Å². The van der Waals surface area contributed by atoms with Gasteiger partial charge in [-0.1, -0.05) is 17.7 Å². The smallest absolute Gasteiger partial charge is 0.394 e. The van der Waals surface area contributed by atoms with Crippen molar-refractivity contribution >= 4 is 16.1 Å². The van der Waals surface area contributed by atoms with E-state index in [1.807, 2.05) is 31.2 Å². The first-order valence-electron chi connectivity index (χ1n) is 3.31. The zero-order valence-electron chi connectivity index (χ0n) is 7.01. The summed E-state index contributed by atoms with van der Waals surface area (Å²) in [6.07, 6.45) is 0. The molecule has 0 fully saturated rings. The predicted molar refractivity (Wildman–Crippen MR) is 49.8 cm³/mol. The Labute approximate surface area is 76.8 Å². The molecule has 0 saturated carbocycles. The van der Waals surface area contributed by atoms with Crippen LogP contribution in [0.2, 0.25) is 0 Å². The van der Waals surface area contributed by atoms with Gasteiger partial charge in [0.2, 0.25) is 0 Å². The molecule has 0 aliphatic rings. The van der Waals surface area contributed by atoms with Gasteiger partial charge in [-0.15, -0.1) is 0 Å². The fourth-order valence-electron chi connectivity index (χ4n) is 0.566. The Morgan fingerprint density at radius 1 is 1.15 bits per heavy atom. The van der Waals surface area contributed by atoms with Gasteiger partial charge in [0, 0.05) is 5.69 Å². The van der Waals surface area contributed by atoms with Crippen LogP contribution in [0.4, 0.5) is 5.69 Å². The molecule has 0 atom stereocenters. The molecule has 0 radical (unpaired) electrons. The highest BCUT2D eigenvalue weighted by Gasteiger charge is 1.84. The highest BCUT2D eigenvalue weighted by molar-refractivity contribution is 7.79. The third-order valence-corrected chi connectivity index (χ3v) is 1.08. The van der Waals surface area contributed by atoms with Crippen LogP contribution in [-0.2, 0) is 10.4 Å². The van der Waals surface area contributed by atoms with Crippen molar-refractivity contribution in [2.75, 3.05) is 5.73 Å². The number of anilines is 1. The van der Waals surface area contributed by atoms with Gasteiger partial charge in [-0.3, -0.25) is 9.11 Å². The van der Waals surface area contributed by atoms with E-state index in [1.54, 1.807) is 0 Å². The van der Waals surface area contributed by atoms with Crippen molar-refractivity contribution in [3.8, 4) is 0 Å². The molecule has 1 aromatic rings. The number of rotatable bonds is 0. The molecule has 13 heavy (non-hydrogen) atoms. The summed E-state index contributed by atoms with van der Waals surface area (Å²) in [4.78, 5) is 0. The lowest BCUT2D eigenvalue weighted by Crippen LogP contribution is -1.89. The van der Waals surface area contributed by atoms with Crippen molar-refractivity contribution in [3.05, 3.63) is 29.8 Å². The molecule has 0 spiro atoms. The van der Waals surface area contributed by atoms with E-state index in [1.165, 1.54) is 5.56 Å². The van der Waals surface area contributed by atoms with Gasteiger partial charge in [-0.05, 0) is 19.1 Å². The largest absolute Gasteiger partial charge is 0.399 e. The van der Waals surface area contributed by atoms with Crippen molar-refractivity contribution in [2.24, 2.45) is 0 Å². The summed E-state index contributed by atoms with van der Waals surface area (Å²) in [6, 6.07) is 7.79. The standard InChI is InChI=1S/C7H9N.H2O4S/c1-6-2-4-7(8)5-3-6;1-5(2,3)4/h2-5H,8H2,1H3;(H2,1,2,3,4). The SMILES string of the molecule is Cc1ccc(N)cc1.O=S(=O)(O)O. The van der Waals surface area contributed by atoms with Crippen LogP contribution >= 0.6 is 0 Å². The quantitative estimate of drug-likeness (QED) is 0.432. The first kappa shape index (κ1) is 11.9. The van der Waals surface area contributed by atoms with Crippen molar-refractivity contribution in [3.63, 3.8) is 0 Å². The van der Waals surface area contributed by atoms with E-state index >= 15 is 0 Å². The van der Waals surface area contributed by atoms with Crippen molar-refractivity contribution in [1.82, 2.24) is 0 Å². The van der Waals surface area contributed by atoms with E-state index < -0.39 is 10.4 Å². The second-order valence-corrected chi connectivity index (χ2v) is 3.25. The summed E-state index contributed by atoms with van der Waals surface area (Å²) in [5.74, 6) is 0. The van der Waals surface area contributed by atoms with Gasteiger partial charge in [0.25, 0.3) is 0 Å². The van der Waals surface area contributed by atoms with Crippen LogP contribution in [0, 0.1) is 6.92 Å². The van der Waals surface area contributed by atoms with Crippen LogP contribution in [0.15, 0.2) is 24.3 Å². The van der Waals surface area contributed by atoms with Gasteiger partial charge in [0.05, 0.1) is 0 Å². The molecule has 1 aromatic carbocycles. The van der Waals surface area contributed by atoms with Crippen LogP contribution < -0.4 is 5.73 Å². The van der Waals surface area contributed by atoms with E-state index in [0.29, 0.717) is 0 Å². The first-order valence-corrected chi connectivity index (χ1v) is 4.71. The average molecular weight is 205 g/mol. The van der Waals surface area contributed by atoms with Gasteiger partial charge in [-0.2, -0.15) is 8.42 Å². The second kappa shape index (κ2) is 4.80. The van der Waals surface area contributed by atoms with Gasteiger partial charge >= 0.3 is 10.4 Å². The van der Waals surface area contributed by atoms with Crippen LogP contribution in [0.1, 0.15) is 5.56 Å². The Morgan fingerprint density at radius 2 is 1.46 bits per heavy atom. The minimum Gasteiger partial charge on any atom is -0.399 e. The lowest BCUT2D eigenvalue weighted by Gasteiger charge is -1.90. The van der Waals surface area contributed by atoms with Crippen LogP contribution in [-0.4, -0.2) is 17.5 Å². The molecule has 5 nitrogen and oxygen atoms in total. The number of hydrogen-bond donors (Lipinski definition) is 3. The molecule has 74 valence electrons. The lowest BCUT2D eigenvalue weighted by atomic mass is 10.2. The Balaban J connectivity index is 0.000000252. The number of nitrogen functional groups attached to an aromatic ring is 1. The summed E-state index contributed by atoms with van der Waals surface area (Å²) >= 11 is 0. The number of nitrogens with two attached hydrogens (primary N) is 1. The normalized spacial score (nSPS) is 10.1. The summed E-state index contributed by atoms with van der Waals surface area (Å²) in [5.41, 5.74) is 7.51. The molecule has 0 heterocycles. The summed E-state index contributed by atoms with van der Waals surface area (Å²) in [5, 5.41) is 0. The van der Waals surface area contributed by atoms with Crippen molar-refractivity contribution < 1.29 is 17.5 Å². The number of benzene rings is 1. The molecule has 0 bridgehead atoms. The summed E-state index contributed by atoms with van der Waals surface area (Å²) in [6.45, 7) is 2.04. The van der Waals surface area contributed by atoms with E-state index in [4.69, 9.17) is 23.3 Å². The molecular weight excluding hydrogens is 194 g/mol. The van der Waals surface area contributed by atoms with Crippen molar-refractivity contribution in [2.45, 2.75) is 6.92 Å². The maximum absolute atomic E-state index is 8.74. The maximum atomic E-state index is 8.74. The van der Waals surface area contributed by atoms with Gasteiger partial charge in [0.1, 0.15) is 0 Å². The Kier molecular flexibility index (Phi) is 4.39. The topological polar surface area (TPSA) is 101 Å². The maximum Gasteiger partial charge on any atom is 0.394 e. The molecule has 1 rings (SSSR count). The minimum atomic E-state index is -4.67. The van der Waals surface area contributed by atoms with Crippen LogP contribution in [0.25, 0.3) is 0 Å². The zero-order chi connectivity index (χ0) is 10.5. The minimum absolute atomic E-state index is 0.829. The molecule has 0 aromatic heterocycles. The average Bonchev–Trinajstić information content (AvgIpc) is 1.92. The molecule has 0 aliphatic heterocycles. The van der Waals surface area contributed by atoms with E-state index in [9.17, 15) is 0 Å². The zero-order valence-corrected chi connectivity index (χ0v) is 7.82. The fraction of sp³-hybridized carbons (Fsp3) is 0.143. The van der Waals surface area contributed by atoms with E-state index in [-0.39, 0.29) is 0 Å². The Morgan fingerprint density at radius 3 is 1.69 bits per heavy atom. The summed E-state index contributed by atoms with van der Waals surface area (Å²) < 4.78 is 31.6. The summed E-state index contributed by atoms with van der Waals surface area (Å²) in [7, 11) is -4.67. The Hall–Kier alpha value is -1.11. The highest BCUT2D eigenvalue weighted by atomic mass is 32.3. The second-order valence-electron chi connectivity index (χ2n) is 2.36. The molecular formula is C7H11NO4S. The molecule has 4 N–H and O–H groups in total. The van der Waals surface area contributed by atoms with E-state index in [0.717, 1.165) is 5.69 Å². The third kappa shape index (κ3) is 10.9. The fourth-order valence-corrected chi connectivity index (χ4v) is 0.566. The number of hydrogen-bond acceptors (Lipinski definition) is 3. The number of aryl methyl sites for hydroxylation is 1. The lowest BCUT2D eigenvalue weighted by molar-refractivity contribution is 0.381. The molecule has 6 heteroatoms. The molecule has 0 saturated heterocycles. The predicted octanol–water partition coefficient (Wildman–Crippen LogP) is 0.924. The molecule has 0 amide bonds.